The number of pyridine rings is 1. The van der Waals surface area contributed by atoms with Gasteiger partial charge in [-0.3, -0.25) is 14.7 Å². The van der Waals surface area contributed by atoms with Crippen LogP contribution in [0.25, 0.3) is 10.9 Å². The number of fused-ring (bicyclic) bond motifs is 1. The summed E-state index contributed by atoms with van der Waals surface area (Å²) in [6, 6.07) is 5.75. The van der Waals surface area contributed by atoms with Crippen molar-refractivity contribution in [3.05, 3.63) is 36.0 Å². The average Bonchev–Trinajstić information content (AvgIpc) is 2.68. The molecule has 2 aromatic rings. The first-order valence-electron chi connectivity index (χ1n) is 10.6. The number of hydrogen-bond donors (Lipinski definition) is 2. The molecule has 0 radical (unpaired) electrons. The molecule has 0 spiro atoms. The molecule has 2 unspecified atom stereocenters. The Hall–Kier alpha value is -2.39. The molecule has 2 aliphatic rings. The lowest BCUT2D eigenvalue weighted by atomic mass is 9.94. The molecule has 4 rings (SSSR count). The second kappa shape index (κ2) is 8.27. The third-order valence-corrected chi connectivity index (χ3v) is 6.26. The van der Waals surface area contributed by atoms with E-state index in [0.29, 0.717) is 37.3 Å². The summed E-state index contributed by atoms with van der Waals surface area (Å²) >= 11 is 0. The monoisotopic (exact) mass is 435 g/mol. The van der Waals surface area contributed by atoms with E-state index in [1.807, 2.05) is 11.8 Å². The highest BCUT2D eigenvalue weighted by Gasteiger charge is 2.36. The largest absolute Gasteiger partial charge is 0.418 e. The molecular weight excluding hydrogens is 407 g/mol. The number of benzene rings is 1. The number of carbonyl (C=O) groups excluding carboxylic acids is 1. The predicted octanol–water partition coefficient (Wildman–Crippen LogP) is 2.62. The Morgan fingerprint density at radius 1 is 1.23 bits per heavy atom. The summed E-state index contributed by atoms with van der Waals surface area (Å²) in [4.78, 5) is 20.8. The molecule has 3 N–H and O–H groups in total. The van der Waals surface area contributed by atoms with Gasteiger partial charge in [0.05, 0.1) is 17.1 Å². The van der Waals surface area contributed by atoms with Crippen LogP contribution in [-0.2, 0) is 11.0 Å². The minimum atomic E-state index is -4.47. The van der Waals surface area contributed by atoms with Crippen LogP contribution in [-0.4, -0.2) is 60.1 Å². The number of amides is 1. The molecule has 0 aliphatic carbocycles. The molecule has 0 saturated carbocycles. The van der Waals surface area contributed by atoms with Gasteiger partial charge in [-0.1, -0.05) is 6.92 Å². The smallest absolute Gasteiger partial charge is 0.369 e. The summed E-state index contributed by atoms with van der Waals surface area (Å²) in [5.74, 6) is 0.241. The van der Waals surface area contributed by atoms with Crippen molar-refractivity contribution in [2.24, 2.45) is 11.7 Å². The van der Waals surface area contributed by atoms with Gasteiger partial charge in [0, 0.05) is 55.5 Å². The van der Waals surface area contributed by atoms with Gasteiger partial charge in [-0.15, -0.1) is 0 Å². The van der Waals surface area contributed by atoms with Crippen molar-refractivity contribution in [1.82, 2.24) is 15.2 Å². The van der Waals surface area contributed by atoms with E-state index in [1.165, 1.54) is 12.3 Å². The summed E-state index contributed by atoms with van der Waals surface area (Å²) in [6.45, 7) is 6.64. The number of likely N-dealkylation sites (tertiary alicyclic amines) is 1. The van der Waals surface area contributed by atoms with E-state index in [2.05, 4.69) is 22.1 Å². The van der Waals surface area contributed by atoms with Gasteiger partial charge in [0.15, 0.2) is 0 Å². The maximum atomic E-state index is 13.4. The molecule has 31 heavy (non-hydrogen) atoms. The number of aromatic nitrogens is 1. The van der Waals surface area contributed by atoms with Gasteiger partial charge < -0.3 is 16.0 Å². The number of alkyl halides is 3. The van der Waals surface area contributed by atoms with Crippen molar-refractivity contribution in [2.75, 3.05) is 31.1 Å². The van der Waals surface area contributed by atoms with Gasteiger partial charge in [-0.05, 0) is 43.5 Å². The topological polar surface area (TPSA) is 74.5 Å². The van der Waals surface area contributed by atoms with Crippen molar-refractivity contribution in [3.8, 4) is 0 Å². The third-order valence-electron chi connectivity index (χ3n) is 6.26. The first kappa shape index (κ1) is 21.8. The van der Waals surface area contributed by atoms with Gasteiger partial charge in [-0.25, -0.2) is 0 Å². The van der Waals surface area contributed by atoms with Gasteiger partial charge >= 0.3 is 6.18 Å². The molecule has 1 aromatic heterocycles. The number of hydrogen-bond acceptors (Lipinski definition) is 5. The van der Waals surface area contributed by atoms with Crippen molar-refractivity contribution < 1.29 is 18.0 Å². The van der Waals surface area contributed by atoms with Crippen LogP contribution >= 0.6 is 0 Å². The summed E-state index contributed by atoms with van der Waals surface area (Å²) in [5.41, 5.74) is 5.75. The van der Waals surface area contributed by atoms with Gasteiger partial charge in [0.25, 0.3) is 0 Å². The van der Waals surface area contributed by atoms with Crippen molar-refractivity contribution in [1.29, 1.82) is 0 Å². The second-order valence-corrected chi connectivity index (χ2v) is 8.87. The van der Waals surface area contributed by atoms with E-state index in [1.54, 1.807) is 12.1 Å². The molecule has 2 aliphatic heterocycles. The van der Waals surface area contributed by atoms with Gasteiger partial charge in [0.1, 0.15) is 0 Å². The zero-order valence-corrected chi connectivity index (χ0v) is 17.7. The molecule has 0 bridgehead atoms. The van der Waals surface area contributed by atoms with Crippen LogP contribution in [0.4, 0.5) is 18.9 Å². The Balaban J connectivity index is 1.55. The lowest BCUT2D eigenvalue weighted by molar-refractivity contribution is -0.136. The van der Waals surface area contributed by atoms with E-state index in [-0.39, 0.29) is 35.5 Å². The Labute approximate surface area is 179 Å². The molecule has 168 valence electrons. The Morgan fingerprint density at radius 2 is 1.97 bits per heavy atom. The molecule has 3 atom stereocenters. The average molecular weight is 435 g/mol. The molecule has 3 heterocycles. The van der Waals surface area contributed by atoms with Crippen LogP contribution in [0.15, 0.2) is 30.5 Å². The Bertz CT molecular complexity index is 960. The standard InChI is InChI=1S/C22H28F3N5O/c1-13-8-16(28-21(31)14(2)29-10-15(26)11-29)12-30(9-13)19-6-5-18(22(23,24)25)20-17(19)4-3-7-27-20/h3-7,13-16H,8-12,26H2,1-2H3,(H,28,31)/t13?,14?,16-/m1/s1. The zero-order valence-electron chi connectivity index (χ0n) is 17.7. The minimum absolute atomic E-state index is 0.0371. The van der Waals surface area contributed by atoms with Crippen molar-refractivity contribution in [3.63, 3.8) is 0 Å². The third kappa shape index (κ3) is 4.48. The summed E-state index contributed by atoms with van der Waals surface area (Å²) in [7, 11) is 0. The van der Waals surface area contributed by atoms with Crippen LogP contribution < -0.4 is 16.0 Å². The van der Waals surface area contributed by atoms with E-state index in [4.69, 9.17) is 5.73 Å². The fourth-order valence-electron chi connectivity index (χ4n) is 4.67. The Morgan fingerprint density at radius 3 is 2.65 bits per heavy atom. The summed E-state index contributed by atoms with van der Waals surface area (Å²) < 4.78 is 40.3. The van der Waals surface area contributed by atoms with Crippen molar-refractivity contribution >= 4 is 22.5 Å². The first-order chi connectivity index (χ1) is 14.6. The summed E-state index contributed by atoms with van der Waals surface area (Å²) in [5, 5.41) is 3.61. The molecule has 1 amide bonds. The Kier molecular flexibility index (Phi) is 5.83. The first-order valence-corrected chi connectivity index (χ1v) is 10.6. The quantitative estimate of drug-likeness (QED) is 0.772. The van der Waals surface area contributed by atoms with Crippen LogP contribution in [0.3, 0.4) is 0 Å². The number of nitrogens with one attached hydrogen (secondary N) is 1. The number of nitrogens with two attached hydrogens (primary N) is 1. The van der Waals surface area contributed by atoms with Crippen LogP contribution in [0.1, 0.15) is 25.8 Å². The highest BCUT2D eigenvalue weighted by molar-refractivity contribution is 5.94. The SMILES string of the molecule is CC1C[C@@H](NC(=O)C(C)N2CC(N)C2)CN(c2ccc(C(F)(F)F)c3ncccc23)C1. The molecule has 2 fully saturated rings. The zero-order chi connectivity index (χ0) is 22.3. The molecule has 1 aromatic carbocycles. The number of carbonyl (C=O) groups is 1. The number of halogens is 3. The van der Waals surface area contributed by atoms with Gasteiger partial charge in [0.2, 0.25) is 5.91 Å². The lowest BCUT2D eigenvalue weighted by Gasteiger charge is -2.42. The fourth-order valence-corrected chi connectivity index (χ4v) is 4.67. The molecule has 6 nitrogen and oxygen atoms in total. The maximum absolute atomic E-state index is 13.4. The number of rotatable bonds is 4. The van der Waals surface area contributed by atoms with E-state index in [9.17, 15) is 18.0 Å². The highest BCUT2D eigenvalue weighted by Crippen LogP contribution is 2.38. The normalized spacial score (nSPS) is 24.1. The van der Waals surface area contributed by atoms with Crippen LogP contribution in [0, 0.1) is 5.92 Å². The minimum Gasteiger partial charge on any atom is -0.369 e. The van der Waals surface area contributed by atoms with Gasteiger partial charge in [-0.2, -0.15) is 13.2 Å². The van der Waals surface area contributed by atoms with Crippen LogP contribution in [0.2, 0.25) is 0 Å². The number of nitrogens with zero attached hydrogens (tertiary/aromatic N) is 3. The van der Waals surface area contributed by atoms with E-state index < -0.39 is 11.7 Å². The number of anilines is 1. The van der Waals surface area contributed by atoms with E-state index in [0.717, 1.165) is 12.5 Å². The number of piperidine rings is 1. The van der Waals surface area contributed by atoms with Crippen LogP contribution in [0.5, 0.6) is 0 Å². The van der Waals surface area contributed by atoms with Crippen molar-refractivity contribution in [2.45, 2.75) is 44.6 Å². The van der Waals surface area contributed by atoms with E-state index >= 15 is 0 Å². The lowest BCUT2D eigenvalue weighted by Crippen LogP contribution is -2.63. The molecular formula is C22H28F3N5O. The maximum Gasteiger partial charge on any atom is 0.418 e. The molecule has 9 heteroatoms. The summed E-state index contributed by atoms with van der Waals surface area (Å²) in [6.07, 6.45) is -2.26. The fraction of sp³-hybridized carbons (Fsp3) is 0.545. The predicted molar refractivity (Wildman–Crippen MR) is 114 cm³/mol. The highest BCUT2D eigenvalue weighted by atomic mass is 19.4. The second-order valence-electron chi connectivity index (χ2n) is 8.87. The molecule has 2 saturated heterocycles.